The molecule has 0 saturated heterocycles. The second kappa shape index (κ2) is 4.38. The Bertz CT molecular complexity index is 308. The van der Waals surface area contributed by atoms with Gasteiger partial charge < -0.3 is 10.8 Å². The minimum absolute atomic E-state index is 0.154. The van der Waals surface area contributed by atoms with Gasteiger partial charge in [-0.3, -0.25) is 0 Å². The second-order valence-corrected chi connectivity index (χ2v) is 4.57. The molecule has 14 heavy (non-hydrogen) atoms. The van der Waals surface area contributed by atoms with Gasteiger partial charge in [0.25, 0.3) is 0 Å². The summed E-state index contributed by atoms with van der Waals surface area (Å²) >= 11 is 3.19. The number of hydrogen-bond donors (Lipinski definition) is 2. The molecule has 4 heteroatoms. The molecule has 0 saturated carbocycles. The number of benzene rings is 1. The van der Waals surface area contributed by atoms with E-state index in [0.717, 1.165) is 5.56 Å². The van der Waals surface area contributed by atoms with Crippen molar-refractivity contribution in [3.05, 3.63) is 34.1 Å². The Balaban J connectivity index is 2.87. The van der Waals surface area contributed by atoms with Crippen LogP contribution in [0.1, 0.15) is 12.5 Å². The van der Waals surface area contributed by atoms with E-state index in [0.29, 0.717) is 10.9 Å². The van der Waals surface area contributed by atoms with E-state index >= 15 is 0 Å². The Labute approximate surface area is 91.1 Å². The van der Waals surface area contributed by atoms with Gasteiger partial charge in [-0.25, -0.2) is 4.39 Å². The Kier molecular flexibility index (Phi) is 3.64. The zero-order valence-corrected chi connectivity index (χ0v) is 9.51. The molecule has 0 bridgehead atoms. The number of nitrogens with two attached hydrogens (primary N) is 1. The summed E-state index contributed by atoms with van der Waals surface area (Å²) in [5, 5.41) is 9.70. The smallest absolute Gasteiger partial charge is 0.124 e. The summed E-state index contributed by atoms with van der Waals surface area (Å²) in [6.45, 7) is 1.78. The number of rotatable bonds is 3. The quantitative estimate of drug-likeness (QED) is 0.873. The van der Waals surface area contributed by atoms with Gasteiger partial charge in [0.05, 0.1) is 5.60 Å². The lowest BCUT2D eigenvalue weighted by molar-refractivity contribution is 0.0696. The summed E-state index contributed by atoms with van der Waals surface area (Å²) < 4.78 is 13.6. The average molecular weight is 262 g/mol. The van der Waals surface area contributed by atoms with Crippen molar-refractivity contribution in [1.29, 1.82) is 0 Å². The van der Waals surface area contributed by atoms with Crippen molar-refractivity contribution < 1.29 is 9.50 Å². The normalized spacial score (nSPS) is 15.2. The van der Waals surface area contributed by atoms with Crippen LogP contribution in [0.2, 0.25) is 0 Å². The second-order valence-electron chi connectivity index (χ2n) is 3.66. The third kappa shape index (κ3) is 3.36. The number of halogens is 2. The summed E-state index contributed by atoms with van der Waals surface area (Å²) in [4.78, 5) is 0. The standard InChI is InChI=1S/C10H13BrFNO/c1-10(14,6-13)5-7-2-8(11)4-9(12)3-7/h2-4,14H,5-6,13H2,1H3. The third-order valence-electron chi connectivity index (χ3n) is 1.95. The van der Waals surface area contributed by atoms with E-state index in [-0.39, 0.29) is 12.4 Å². The first-order chi connectivity index (χ1) is 6.43. The molecule has 1 atom stereocenters. The lowest BCUT2D eigenvalue weighted by Gasteiger charge is -2.20. The van der Waals surface area contributed by atoms with Crippen LogP contribution >= 0.6 is 15.9 Å². The van der Waals surface area contributed by atoms with Crippen LogP contribution in [0, 0.1) is 5.82 Å². The minimum atomic E-state index is -0.979. The fourth-order valence-electron chi connectivity index (χ4n) is 1.22. The lowest BCUT2D eigenvalue weighted by atomic mass is 9.97. The van der Waals surface area contributed by atoms with Gasteiger partial charge in [0.1, 0.15) is 5.82 Å². The Morgan fingerprint density at radius 1 is 1.50 bits per heavy atom. The van der Waals surface area contributed by atoms with Crippen LogP contribution in [0.5, 0.6) is 0 Å². The largest absolute Gasteiger partial charge is 0.389 e. The molecule has 0 aliphatic carbocycles. The van der Waals surface area contributed by atoms with E-state index in [2.05, 4.69) is 15.9 Å². The minimum Gasteiger partial charge on any atom is -0.389 e. The van der Waals surface area contributed by atoms with Crippen LogP contribution in [0.3, 0.4) is 0 Å². The SMILES string of the molecule is CC(O)(CN)Cc1cc(F)cc(Br)c1. The third-order valence-corrected chi connectivity index (χ3v) is 2.40. The van der Waals surface area contributed by atoms with Gasteiger partial charge in [0.2, 0.25) is 0 Å². The summed E-state index contributed by atoms with van der Waals surface area (Å²) in [6, 6.07) is 4.54. The molecule has 0 amide bonds. The summed E-state index contributed by atoms with van der Waals surface area (Å²) in [6.07, 6.45) is 0.347. The molecular formula is C10H13BrFNO. The van der Waals surface area contributed by atoms with Gasteiger partial charge in [0.15, 0.2) is 0 Å². The van der Waals surface area contributed by atoms with Crippen molar-refractivity contribution in [3.8, 4) is 0 Å². The molecule has 1 unspecified atom stereocenters. The number of aliphatic hydroxyl groups is 1. The molecule has 1 aromatic rings. The van der Waals surface area contributed by atoms with Gasteiger partial charge >= 0.3 is 0 Å². The fraction of sp³-hybridized carbons (Fsp3) is 0.400. The molecule has 1 aromatic carbocycles. The molecule has 78 valence electrons. The monoisotopic (exact) mass is 261 g/mol. The van der Waals surface area contributed by atoms with Crippen molar-refractivity contribution in [2.24, 2.45) is 5.73 Å². The van der Waals surface area contributed by atoms with Gasteiger partial charge in [-0.15, -0.1) is 0 Å². The maximum Gasteiger partial charge on any atom is 0.124 e. The maximum atomic E-state index is 13.0. The fourth-order valence-corrected chi connectivity index (χ4v) is 1.74. The maximum absolute atomic E-state index is 13.0. The topological polar surface area (TPSA) is 46.2 Å². The molecule has 2 nitrogen and oxygen atoms in total. The molecule has 0 aliphatic heterocycles. The van der Waals surface area contributed by atoms with Crippen molar-refractivity contribution >= 4 is 15.9 Å². The Hall–Kier alpha value is -0.450. The molecule has 1 rings (SSSR count). The van der Waals surface area contributed by atoms with Crippen LogP contribution in [0.4, 0.5) is 4.39 Å². The molecule has 3 N–H and O–H groups in total. The molecule has 0 radical (unpaired) electrons. The Morgan fingerprint density at radius 3 is 2.64 bits per heavy atom. The van der Waals surface area contributed by atoms with E-state index in [4.69, 9.17) is 5.73 Å². The molecule has 0 heterocycles. The highest BCUT2D eigenvalue weighted by Gasteiger charge is 2.18. The first-order valence-electron chi connectivity index (χ1n) is 4.30. The highest BCUT2D eigenvalue weighted by molar-refractivity contribution is 9.10. The first kappa shape index (κ1) is 11.6. The van der Waals surface area contributed by atoms with E-state index in [1.54, 1.807) is 13.0 Å². The van der Waals surface area contributed by atoms with Gasteiger partial charge in [-0.05, 0) is 30.7 Å². The predicted octanol–water partition coefficient (Wildman–Crippen LogP) is 1.84. The van der Waals surface area contributed by atoms with Crippen LogP contribution in [0.15, 0.2) is 22.7 Å². The van der Waals surface area contributed by atoms with E-state index < -0.39 is 5.60 Å². The van der Waals surface area contributed by atoms with Crippen molar-refractivity contribution in [2.45, 2.75) is 18.9 Å². The summed E-state index contributed by atoms with van der Waals surface area (Å²) in [5.41, 5.74) is 5.12. The van der Waals surface area contributed by atoms with Crippen molar-refractivity contribution in [3.63, 3.8) is 0 Å². The van der Waals surface area contributed by atoms with Gasteiger partial charge in [-0.1, -0.05) is 15.9 Å². The molecular weight excluding hydrogens is 249 g/mol. The number of hydrogen-bond acceptors (Lipinski definition) is 2. The zero-order chi connectivity index (χ0) is 10.8. The summed E-state index contributed by atoms with van der Waals surface area (Å²) in [5.74, 6) is -0.317. The molecule has 0 fully saturated rings. The van der Waals surface area contributed by atoms with Crippen molar-refractivity contribution in [1.82, 2.24) is 0 Å². The highest BCUT2D eigenvalue weighted by Crippen LogP contribution is 2.18. The Morgan fingerprint density at radius 2 is 2.14 bits per heavy atom. The van der Waals surface area contributed by atoms with Crippen LogP contribution in [-0.4, -0.2) is 17.3 Å². The van der Waals surface area contributed by atoms with E-state index in [1.807, 2.05) is 0 Å². The molecule has 0 spiro atoms. The van der Waals surface area contributed by atoms with E-state index in [1.165, 1.54) is 12.1 Å². The summed E-state index contributed by atoms with van der Waals surface area (Å²) in [7, 11) is 0. The zero-order valence-electron chi connectivity index (χ0n) is 7.93. The van der Waals surface area contributed by atoms with Crippen LogP contribution in [0.25, 0.3) is 0 Å². The van der Waals surface area contributed by atoms with Crippen LogP contribution < -0.4 is 5.73 Å². The van der Waals surface area contributed by atoms with Gasteiger partial charge in [0, 0.05) is 17.4 Å². The molecule has 0 aromatic heterocycles. The lowest BCUT2D eigenvalue weighted by Crippen LogP contribution is -2.36. The highest BCUT2D eigenvalue weighted by atomic mass is 79.9. The van der Waals surface area contributed by atoms with Crippen molar-refractivity contribution in [2.75, 3.05) is 6.54 Å². The first-order valence-corrected chi connectivity index (χ1v) is 5.10. The predicted molar refractivity (Wildman–Crippen MR) is 57.5 cm³/mol. The van der Waals surface area contributed by atoms with Crippen LogP contribution in [-0.2, 0) is 6.42 Å². The average Bonchev–Trinajstić information content (AvgIpc) is 2.01. The molecule has 0 aliphatic rings. The van der Waals surface area contributed by atoms with Gasteiger partial charge in [-0.2, -0.15) is 0 Å². The van der Waals surface area contributed by atoms with E-state index in [9.17, 15) is 9.50 Å².